The van der Waals surface area contributed by atoms with E-state index in [0.29, 0.717) is 67.7 Å². The molecule has 2 N–H and O–H groups in total. The van der Waals surface area contributed by atoms with Crippen LogP contribution in [0, 0.1) is 5.82 Å². The smallest absolute Gasteiger partial charge is 0.255 e. The Bertz CT molecular complexity index is 2000. The number of amides is 1. The summed E-state index contributed by atoms with van der Waals surface area (Å²) in [5.41, 5.74) is 4.97. The number of ether oxygens (including phenoxy) is 2. The Hall–Kier alpha value is -5.45. The van der Waals surface area contributed by atoms with Crippen LogP contribution in [0.3, 0.4) is 0 Å². The molecule has 0 spiro atoms. The van der Waals surface area contributed by atoms with Crippen molar-refractivity contribution in [3.05, 3.63) is 72.2 Å². The highest BCUT2D eigenvalue weighted by Gasteiger charge is 2.27. The number of rotatable bonds is 5. The Morgan fingerprint density at radius 1 is 1.10 bits per heavy atom. The molecule has 0 aliphatic carbocycles. The molecule has 11 heteroatoms. The van der Waals surface area contributed by atoms with E-state index >= 15 is 0 Å². The maximum absolute atomic E-state index is 14.7. The number of benzene rings is 2. The van der Waals surface area contributed by atoms with Gasteiger partial charge in [0.15, 0.2) is 18.3 Å². The highest BCUT2D eigenvalue weighted by Crippen LogP contribution is 2.42. The van der Waals surface area contributed by atoms with E-state index in [-0.39, 0.29) is 18.5 Å². The summed E-state index contributed by atoms with van der Waals surface area (Å²) >= 11 is 0. The molecule has 1 aliphatic rings. The van der Waals surface area contributed by atoms with E-state index in [9.17, 15) is 9.18 Å². The summed E-state index contributed by atoms with van der Waals surface area (Å²) in [4.78, 5) is 27.0. The van der Waals surface area contributed by atoms with Gasteiger partial charge in [-0.2, -0.15) is 0 Å². The predicted molar refractivity (Wildman–Crippen MR) is 151 cm³/mol. The van der Waals surface area contributed by atoms with Gasteiger partial charge in [0, 0.05) is 54.6 Å². The van der Waals surface area contributed by atoms with Gasteiger partial charge in [-0.25, -0.2) is 19.3 Å². The van der Waals surface area contributed by atoms with E-state index in [1.54, 1.807) is 49.1 Å². The number of imidazole rings is 1. The second kappa shape index (κ2) is 9.33. The topological polar surface area (TPSA) is 116 Å². The summed E-state index contributed by atoms with van der Waals surface area (Å²) in [6, 6.07) is 15.6. The molecule has 4 aromatic heterocycles. The van der Waals surface area contributed by atoms with Crippen molar-refractivity contribution in [2.75, 3.05) is 26.5 Å². The molecule has 0 atom stereocenters. The molecule has 1 aliphatic heterocycles. The maximum Gasteiger partial charge on any atom is 0.255 e. The first-order valence-corrected chi connectivity index (χ1v) is 12.8. The van der Waals surface area contributed by atoms with Crippen molar-refractivity contribution in [3.8, 4) is 45.7 Å². The standard InChI is InChI=1S/C30H23FN6O4/c1-32-21-12-23-17(25(30(38)33-2)28(41-23)15-7-10-24(39-3)34-13-15)11-16(21)19-8-9-22-26(35-19)29-36-20-6-4-5-18(31)27(20)37(29)14-40-22/h4-13,32H,14H2,1-3H3,(H,33,38). The summed E-state index contributed by atoms with van der Waals surface area (Å²) < 4.78 is 33.7. The molecule has 5 heterocycles. The van der Waals surface area contributed by atoms with Gasteiger partial charge in [0.2, 0.25) is 5.88 Å². The van der Waals surface area contributed by atoms with Crippen LogP contribution < -0.4 is 20.1 Å². The zero-order chi connectivity index (χ0) is 28.2. The Morgan fingerprint density at radius 3 is 2.73 bits per heavy atom. The number of nitrogens with one attached hydrogen (secondary N) is 2. The Labute approximate surface area is 232 Å². The van der Waals surface area contributed by atoms with Crippen molar-refractivity contribution in [1.82, 2.24) is 24.8 Å². The van der Waals surface area contributed by atoms with Gasteiger partial charge < -0.3 is 24.5 Å². The number of hydrogen-bond donors (Lipinski definition) is 2. The molecule has 204 valence electrons. The predicted octanol–water partition coefficient (Wildman–Crippen LogP) is 5.47. The van der Waals surface area contributed by atoms with Crippen LogP contribution in [0.15, 0.2) is 65.2 Å². The number of carbonyl (C=O) groups is 1. The average Bonchev–Trinajstić information content (AvgIpc) is 3.59. The molecule has 0 bridgehead atoms. The molecule has 0 radical (unpaired) electrons. The van der Waals surface area contributed by atoms with Crippen LogP contribution in [-0.4, -0.2) is 46.6 Å². The average molecular weight is 551 g/mol. The molecule has 0 fully saturated rings. The third kappa shape index (κ3) is 3.77. The zero-order valence-corrected chi connectivity index (χ0v) is 22.3. The van der Waals surface area contributed by atoms with E-state index in [0.717, 1.165) is 11.3 Å². The minimum atomic E-state index is -0.378. The van der Waals surface area contributed by atoms with E-state index in [1.807, 2.05) is 24.3 Å². The summed E-state index contributed by atoms with van der Waals surface area (Å²) in [6.07, 6.45) is 1.60. The number of fused-ring (bicyclic) bond motifs is 6. The SMILES string of the molecule is CNC(=O)c1c(-c2ccc(OC)nc2)oc2cc(NC)c(-c3ccc4c(n3)-c3nc5cccc(F)c5n3CO4)cc12. The van der Waals surface area contributed by atoms with Gasteiger partial charge in [0.05, 0.1) is 23.9 Å². The quantitative estimate of drug-likeness (QED) is 0.290. The largest absolute Gasteiger partial charge is 0.481 e. The number of methoxy groups -OCH3 is 1. The third-order valence-electron chi connectivity index (χ3n) is 7.17. The number of pyridine rings is 2. The van der Waals surface area contributed by atoms with Gasteiger partial charge in [0.1, 0.15) is 28.4 Å². The van der Waals surface area contributed by atoms with Crippen molar-refractivity contribution >= 4 is 33.6 Å². The highest BCUT2D eigenvalue weighted by molar-refractivity contribution is 6.12. The minimum Gasteiger partial charge on any atom is -0.481 e. The van der Waals surface area contributed by atoms with Gasteiger partial charge in [-0.1, -0.05) is 6.07 Å². The maximum atomic E-state index is 14.7. The van der Waals surface area contributed by atoms with Crippen LogP contribution in [0.4, 0.5) is 10.1 Å². The fraction of sp³-hybridized carbons (Fsp3) is 0.133. The van der Waals surface area contributed by atoms with Gasteiger partial charge in [-0.05, 0) is 36.4 Å². The molecular formula is C30H23FN6O4. The van der Waals surface area contributed by atoms with Crippen LogP contribution in [0.25, 0.3) is 56.1 Å². The lowest BCUT2D eigenvalue weighted by molar-refractivity contribution is 0.0964. The van der Waals surface area contributed by atoms with Crippen LogP contribution in [0.2, 0.25) is 0 Å². The van der Waals surface area contributed by atoms with Gasteiger partial charge in [0.25, 0.3) is 5.91 Å². The van der Waals surface area contributed by atoms with Gasteiger partial charge in [-0.15, -0.1) is 0 Å². The number of furan rings is 1. The molecule has 2 aromatic carbocycles. The number of aromatic nitrogens is 4. The number of hydrogen-bond acceptors (Lipinski definition) is 8. The van der Waals surface area contributed by atoms with Crippen molar-refractivity contribution in [2.24, 2.45) is 0 Å². The summed E-state index contributed by atoms with van der Waals surface area (Å²) in [5.74, 6) is 1.22. The summed E-state index contributed by atoms with van der Waals surface area (Å²) in [6.45, 7) is 0.127. The first-order chi connectivity index (χ1) is 20.0. The second-order valence-electron chi connectivity index (χ2n) is 9.41. The third-order valence-corrected chi connectivity index (χ3v) is 7.17. The molecule has 0 unspecified atom stereocenters. The molecule has 0 saturated carbocycles. The van der Waals surface area contributed by atoms with Crippen LogP contribution in [0.1, 0.15) is 10.4 Å². The number of halogens is 1. The van der Waals surface area contributed by atoms with Crippen LogP contribution >= 0.6 is 0 Å². The lowest BCUT2D eigenvalue weighted by Gasteiger charge is -2.20. The van der Waals surface area contributed by atoms with E-state index < -0.39 is 0 Å². The summed E-state index contributed by atoms with van der Waals surface area (Å²) in [5, 5.41) is 6.53. The normalized spacial score (nSPS) is 12.1. The molecule has 7 rings (SSSR count). The Balaban J connectivity index is 1.42. The van der Waals surface area contributed by atoms with Crippen molar-refractivity contribution in [1.29, 1.82) is 0 Å². The monoisotopic (exact) mass is 550 g/mol. The fourth-order valence-corrected chi connectivity index (χ4v) is 5.21. The molecule has 1 amide bonds. The van der Waals surface area contributed by atoms with Gasteiger partial charge in [-0.3, -0.25) is 9.36 Å². The molecule has 0 saturated heterocycles. The summed E-state index contributed by atoms with van der Waals surface area (Å²) in [7, 11) is 4.90. The Morgan fingerprint density at radius 2 is 1.98 bits per heavy atom. The zero-order valence-electron chi connectivity index (χ0n) is 22.3. The fourth-order valence-electron chi connectivity index (χ4n) is 5.21. The van der Waals surface area contributed by atoms with Gasteiger partial charge >= 0.3 is 0 Å². The Kier molecular flexibility index (Phi) is 5.60. The molecule has 6 aromatic rings. The lowest BCUT2D eigenvalue weighted by atomic mass is 10.0. The molecular weight excluding hydrogens is 527 g/mol. The number of anilines is 1. The van der Waals surface area contributed by atoms with Crippen molar-refractivity contribution in [2.45, 2.75) is 6.73 Å². The van der Waals surface area contributed by atoms with E-state index in [2.05, 4.69) is 20.6 Å². The van der Waals surface area contributed by atoms with E-state index in [4.69, 9.17) is 18.9 Å². The highest BCUT2D eigenvalue weighted by atomic mass is 19.1. The van der Waals surface area contributed by atoms with Crippen molar-refractivity contribution < 1.29 is 23.1 Å². The number of carbonyl (C=O) groups excluding carboxylic acids is 1. The number of para-hydroxylation sites is 1. The number of nitrogens with zero attached hydrogens (tertiary/aromatic N) is 4. The first kappa shape index (κ1) is 24.6. The van der Waals surface area contributed by atoms with Crippen molar-refractivity contribution in [3.63, 3.8) is 0 Å². The molecule has 10 nitrogen and oxygen atoms in total. The van der Waals surface area contributed by atoms with Crippen LogP contribution in [0.5, 0.6) is 11.6 Å². The van der Waals surface area contributed by atoms with Crippen LogP contribution in [-0.2, 0) is 6.73 Å². The lowest BCUT2D eigenvalue weighted by Crippen LogP contribution is -2.18. The minimum absolute atomic E-state index is 0.127. The van der Waals surface area contributed by atoms with E-state index in [1.165, 1.54) is 13.2 Å². The molecule has 41 heavy (non-hydrogen) atoms. The second-order valence-corrected chi connectivity index (χ2v) is 9.41. The first-order valence-electron chi connectivity index (χ1n) is 12.8.